The molecule has 0 radical (unpaired) electrons. The number of nitrogens with zero attached hydrogens (tertiary/aromatic N) is 2. The van der Waals surface area contributed by atoms with Crippen LogP contribution in [0.3, 0.4) is 0 Å². The minimum atomic E-state index is -0.178. The third-order valence-corrected chi connectivity index (χ3v) is 5.04. The molecule has 0 aromatic heterocycles. The Morgan fingerprint density at radius 1 is 1.05 bits per heavy atom. The number of fused-ring (bicyclic) bond motifs is 1. The molecule has 3 fully saturated rings. The van der Waals surface area contributed by atoms with E-state index in [4.69, 9.17) is 5.73 Å². The van der Waals surface area contributed by atoms with E-state index in [1.165, 1.54) is 4.90 Å². The molecule has 0 spiro atoms. The minimum Gasteiger partial charge on any atom is -0.340 e. The monoisotopic (exact) mass is 293 g/mol. The van der Waals surface area contributed by atoms with E-state index in [0.29, 0.717) is 13.1 Å². The highest BCUT2D eigenvalue weighted by Gasteiger charge is 2.48. The Morgan fingerprint density at radius 2 is 1.67 bits per heavy atom. The maximum absolute atomic E-state index is 12.3. The molecule has 0 aromatic carbocycles. The third kappa shape index (κ3) is 2.69. The Kier molecular flexibility index (Phi) is 3.97. The van der Waals surface area contributed by atoms with Gasteiger partial charge in [0.1, 0.15) is 6.54 Å². The van der Waals surface area contributed by atoms with Crippen molar-refractivity contribution in [1.29, 1.82) is 0 Å². The molecule has 2 heterocycles. The Balaban J connectivity index is 1.65. The fraction of sp³-hybridized carbons (Fsp3) is 0.800. The van der Waals surface area contributed by atoms with Crippen molar-refractivity contribution < 1.29 is 14.4 Å². The van der Waals surface area contributed by atoms with Gasteiger partial charge in [-0.25, -0.2) is 0 Å². The Labute approximate surface area is 124 Å². The zero-order valence-corrected chi connectivity index (χ0v) is 12.3. The Morgan fingerprint density at radius 3 is 2.24 bits per heavy atom. The highest BCUT2D eigenvalue weighted by Crippen LogP contribution is 2.37. The van der Waals surface area contributed by atoms with Crippen LogP contribution in [0.1, 0.15) is 38.5 Å². The number of hydrogen-bond acceptors (Lipinski definition) is 4. The summed E-state index contributed by atoms with van der Waals surface area (Å²) in [7, 11) is 0. The molecule has 1 saturated carbocycles. The minimum absolute atomic E-state index is 0.00950. The smallest absolute Gasteiger partial charge is 0.242 e. The van der Waals surface area contributed by atoms with Crippen LogP contribution < -0.4 is 5.73 Å². The first-order chi connectivity index (χ1) is 10.1. The van der Waals surface area contributed by atoms with Gasteiger partial charge in [-0.1, -0.05) is 12.8 Å². The van der Waals surface area contributed by atoms with Crippen LogP contribution in [0.15, 0.2) is 0 Å². The Hall–Kier alpha value is -1.43. The van der Waals surface area contributed by atoms with E-state index in [2.05, 4.69) is 0 Å². The summed E-state index contributed by atoms with van der Waals surface area (Å²) in [5.74, 6) is -0.783. The van der Waals surface area contributed by atoms with Gasteiger partial charge in [0.25, 0.3) is 0 Å². The third-order valence-electron chi connectivity index (χ3n) is 5.04. The number of rotatable bonds is 2. The lowest BCUT2D eigenvalue weighted by atomic mass is 9.81. The topological polar surface area (TPSA) is 83.7 Å². The molecule has 1 aliphatic carbocycles. The number of amides is 3. The molecule has 116 valence electrons. The van der Waals surface area contributed by atoms with Crippen molar-refractivity contribution in [2.75, 3.05) is 19.6 Å². The second kappa shape index (κ2) is 5.75. The van der Waals surface area contributed by atoms with E-state index in [0.717, 1.165) is 38.5 Å². The van der Waals surface area contributed by atoms with Crippen LogP contribution in [0, 0.1) is 11.8 Å². The van der Waals surface area contributed by atoms with Gasteiger partial charge >= 0.3 is 0 Å². The van der Waals surface area contributed by atoms with E-state index in [1.807, 2.05) is 0 Å². The zero-order valence-electron chi connectivity index (χ0n) is 12.3. The first-order valence-electron chi connectivity index (χ1n) is 7.96. The molecular formula is C15H23N3O3. The molecule has 0 bridgehead atoms. The SMILES string of the molecule is NC1CCCN(C(=O)CN2C(=O)C3CCCCC3C2=O)C1. The van der Waals surface area contributed by atoms with Crippen LogP contribution in [0.25, 0.3) is 0 Å². The normalized spacial score (nSPS) is 33.3. The van der Waals surface area contributed by atoms with Crippen molar-refractivity contribution in [2.24, 2.45) is 17.6 Å². The van der Waals surface area contributed by atoms with Gasteiger partial charge in [0.05, 0.1) is 11.8 Å². The van der Waals surface area contributed by atoms with Gasteiger partial charge in [-0.2, -0.15) is 0 Å². The lowest BCUT2D eigenvalue weighted by molar-refractivity contribution is -0.147. The summed E-state index contributed by atoms with van der Waals surface area (Å²) in [6, 6.07) is 0.00950. The molecule has 6 heteroatoms. The van der Waals surface area contributed by atoms with Crippen LogP contribution in [0.5, 0.6) is 0 Å². The summed E-state index contributed by atoms with van der Waals surface area (Å²) in [4.78, 5) is 39.9. The molecule has 3 aliphatic rings. The summed E-state index contributed by atoms with van der Waals surface area (Å²) in [6.45, 7) is 1.11. The lowest BCUT2D eigenvalue weighted by Gasteiger charge is -2.31. The van der Waals surface area contributed by atoms with Crippen molar-refractivity contribution >= 4 is 17.7 Å². The number of imide groups is 1. The molecule has 2 aliphatic heterocycles. The fourth-order valence-electron chi connectivity index (χ4n) is 3.86. The standard InChI is InChI=1S/C15H23N3O3/c16-10-4-3-7-17(8-10)13(19)9-18-14(20)11-5-1-2-6-12(11)15(18)21/h10-12H,1-9,16H2. The number of hydrogen-bond donors (Lipinski definition) is 1. The molecule has 3 rings (SSSR count). The van der Waals surface area contributed by atoms with Crippen molar-refractivity contribution in [3.05, 3.63) is 0 Å². The van der Waals surface area contributed by atoms with Gasteiger partial charge in [0, 0.05) is 19.1 Å². The summed E-state index contributed by atoms with van der Waals surface area (Å²) in [5.41, 5.74) is 5.88. The molecule has 2 N–H and O–H groups in total. The molecule has 0 aromatic rings. The van der Waals surface area contributed by atoms with Crippen molar-refractivity contribution in [3.63, 3.8) is 0 Å². The fourth-order valence-corrected chi connectivity index (χ4v) is 3.86. The lowest BCUT2D eigenvalue weighted by Crippen LogP contribution is -2.50. The molecule has 21 heavy (non-hydrogen) atoms. The van der Waals surface area contributed by atoms with Gasteiger partial charge in [-0.15, -0.1) is 0 Å². The van der Waals surface area contributed by atoms with Gasteiger partial charge in [-0.05, 0) is 25.7 Å². The number of carbonyl (C=O) groups excluding carboxylic acids is 3. The zero-order chi connectivity index (χ0) is 15.0. The van der Waals surface area contributed by atoms with Crippen molar-refractivity contribution in [3.8, 4) is 0 Å². The molecule has 6 nitrogen and oxygen atoms in total. The highest BCUT2D eigenvalue weighted by molar-refractivity contribution is 6.07. The highest BCUT2D eigenvalue weighted by atomic mass is 16.2. The van der Waals surface area contributed by atoms with Gasteiger partial charge in [0.2, 0.25) is 17.7 Å². The van der Waals surface area contributed by atoms with E-state index in [-0.39, 0.29) is 42.1 Å². The second-order valence-corrected chi connectivity index (χ2v) is 6.50. The molecule has 3 atom stereocenters. The van der Waals surface area contributed by atoms with Gasteiger partial charge < -0.3 is 10.6 Å². The largest absolute Gasteiger partial charge is 0.340 e. The van der Waals surface area contributed by atoms with Crippen LogP contribution in [0.4, 0.5) is 0 Å². The Bertz CT molecular complexity index is 441. The van der Waals surface area contributed by atoms with Gasteiger partial charge in [-0.3, -0.25) is 19.3 Å². The van der Waals surface area contributed by atoms with E-state index >= 15 is 0 Å². The van der Waals surface area contributed by atoms with Crippen LogP contribution >= 0.6 is 0 Å². The molecule has 3 amide bonds. The summed E-state index contributed by atoms with van der Waals surface area (Å²) < 4.78 is 0. The van der Waals surface area contributed by atoms with Crippen molar-refractivity contribution in [2.45, 2.75) is 44.6 Å². The molecule has 2 saturated heterocycles. The van der Waals surface area contributed by atoms with E-state index < -0.39 is 0 Å². The number of likely N-dealkylation sites (tertiary alicyclic amines) is 2. The predicted molar refractivity (Wildman–Crippen MR) is 76.0 cm³/mol. The van der Waals surface area contributed by atoms with E-state index in [9.17, 15) is 14.4 Å². The van der Waals surface area contributed by atoms with Crippen LogP contribution in [-0.2, 0) is 14.4 Å². The van der Waals surface area contributed by atoms with Crippen LogP contribution in [0.2, 0.25) is 0 Å². The maximum atomic E-state index is 12.3. The van der Waals surface area contributed by atoms with E-state index in [1.54, 1.807) is 4.90 Å². The number of nitrogens with two attached hydrogens (primary N) is 1. The summed E-state index contributed by atoms with van der Waals surface area (Å²) >= 11 is 0. The summed E-state index contributed by atoms with van der Waals surface area (Å²) in [6.07, 6.45) is 5.39. The van der Waals surface area contributed by atoms with Crippen LogP contribution in [-0.4, -0.2) is 53.2 Å². The van der Waals surface area contributed by atoms with Crippen molar-refractivity contribution in [1.82, 2.24) is 9.80 Å². The summed E-state index contributed by atoms with van der Waals surface area (Å²) in [5, 5.41) is 0. The number of carbonyl (C=O) groups is 3. The second-order valence-electron chi connectivity index (χ2n) is 6.50. The molecule has 3 unspecified atom stereocenters. The first kappa shape index (κ1) is 14.5. The maximum Gasteiger partial charge on any atom is 0.242 e. The van der Waals surface area contributed by atoms with Gasteiger partial charge in [0.15, 0.2) is 0 Å². The number of piperidine rings is 1. The quantitative estimate of drug-likeness (QED) is 0.733. The average Bonchev–Trinajstić information content (AvgIpc) is 2.73. The average molecular weight is 293 g/mol. The first-order valence-corrected chi connectivity index (χ1v) is 7.96. The predicted octanol–water partition coefficient (Wildman–Crippen LogP) is 0.111. The molecular weight excluding hydrogens is 270 g/mol.